The lowest BCUT2D eigenvalue weighted by Crippen LogP contribution is -2.49. The van der Waals surface area contributed by atoms with Crippen molar-refractivity contribution in [2.45, 2.75) is 52.5 Å². The Hall–Kier alpha value is -2.82. The molecule has 2 aliphatic rings. The van der Waals surface area contributed by atoms with Crippen molar-refractivity contribution in [3.63, 3.8) is 0 Å². The molecule has 0 aromatic carbocycles. The fourth-order valence-electron chi connectivity index (χ4n) is 4.46. The maximum absolute atomic E-state index is 13.5. The molecule has 2 aliphatic heterocycles. The summed E-state index contributed by atoms with van der Waals surface area (Å²) in [6.45, 7) is 11.2. The van der Waals surface area contributed by atoms with Crippen molar-refractivity contribution in [1.82, 2.24) is 29.5 Å². The summed E-state index contributed by atoms with van der Waals surface area (Å²) in [5, 5.41) is 10.7. The largest absolute Gasteiger partial charge is 0.369 e. The molecule has 2 aromatic rings. The highest BCUT2D eigenvalue weighted by Gasteiger charge is 2.29. The summed E-state index contributed by atoms with van der Waals surface area (Å²) in [5.41, 5.74) is 1.31. The Balaban J connectivity index is 1.36. The van der Waals surface area contributed by atoms with Gasteiger partial charge < -0.3 is 15.5 Å². The van der Waals surface area contributed by atoms with Gasteiger partial charge in [0.25, 0.3) is 6.43 Å². The summed E-state index contributed by atoms with van der Waals surface area (Å²) in [7, 11) is 0. The maximum atomic E-state index is 13.5. The lowest BCUT2D eigenvalue weighted by molar-refractivity contribution is -0.127. The van der Waals surface area contributed by atoms with Crippen LogP contribution < -0.4 is 10.6 Å². The number of hydrogen-bond donors (Lipinski definition) is 2. The molecule has 0 radical (unpaired) electrons. The number of alkyl halides is 2. The van der Waals surface area contributed by atoms with Crippen molar-refractivity contribution in [2.24, 2.45) is 5.92 Å². The van der Waals surface area contributed by atoms with Gasteiger partial charge in [0, 0.05) is 58.1 Å². The standard InChI is InChI=1S/C23H34F2N8O/c1-15(2)11-31-12-17(13-31)33-14-19(16(3)30-33)28-23-27-10-18(21(24)25)22(29-23)26-7-5-9-32-8-4-6-20(32)34/h10,14-15,17,21H,4-9,11-13H2,1-3H3,(H2,26,27,28,29). The number of halogens is 2. The first kappa shape index (κ1) is 24.3. The van der Waals surface area contributed by atoms with Crippen LogP contribution in [0.2, 0.25) is 0 Å². The molecule has 0 unspecified atom stereocenters. The average Bonchev–Trinajstić information content (AvgIpc) is 3.32. The van der Waals surface area contributed by atoms with Gasteiger partial charge in [0.1, 0.15) is 5.82 Å². The lowest BCUT2D eigenvalue weighted by atomic mass is 10.1. The van der Waals surface area contributed by atoms with Gasteiger partial charge in [0.2, 0.25) is 11.9 Å². The normalized spacial score (nSPS) is 17.1. The molecule has 0 bridgehead atoms. The van der Waals surface area contributed by atoms with Crippen LogP contribution in [-0.4, -0.2) is 74.7 Å². The minimum atomic E-state index is -2.69. The van der Waals surface area contributed by atoms with Crippen molar-refractivity contribution in [3.05, 3.63) is 23.7 Å². The Morgan fingerprint density at radius 2 is 2.06 bits per heavy atom. The molecule has 4 rings (SSSR count). The van der Waals surface area contributed by atoms with Crippen molar-refractivity contribution >= 4 is 23.4 Å². The third-order valence-electron chi connectivity index (χ3n) is 6.22. The zero-order valence-corrected chi connectivity index (χ0v) is 20.1. The van der Waals surface area contributed by atoms with Crippen LogP contribution in [0.4, 0.5) is 26.2 Å². The highest BCUT2D eigenvalue weighted by molar-refractivity contribution is 5.78. The van der Waals surface area contributed by atoms with Crippen molar-refractivity contribution in [1.29, 1.82) is 0 Å². The molecule has 9 nitrogen and oxygen atoms in total. The van der Waals surface area contributed by atoms with E-state index in [1.54, 1.807) is 0 Å². The van der Waals surface area contributed by atoms with E-state index in [0.29, 0.717) is 37.9 Å². The van der Waals surface area contributed by atoms with Crippen LogP contribution in [0, 0.1) is 12.8 Å². The van der Waals surface area contributed by atoms with E-state index in [9.17, 15) is 13.6 Å². The number of amides is 1. The van der Waals surface area contributed by atoms with E-state index in [-0.39, 0.29) is 23.2 Å². The van der Waals surface area contributed by atoms with Crippen molar-refractivity contribution in [3.8, 4) is 0 Å². The van der Waals surface area contributed by atoms with Gasteiger partial charge >= 0.3 is 0 Å². The second-order valence-electron chi connectivity index (χ2n) is 9.56. The zero-order valence-electron chi connectivity index (χ0n) is 20.1. The van der Waals surface area contributed by atoms with Crippen LogP contribution in [0.5, 0.6) is 0 Å². The van der Waals surface area contributed by atoms with E-state index in [4.69, 9.17) is 0 Å². The van der Waals surface area contributed by atoms with Crippen LogP contribution in [0.1, 0.15) is 56.8 Å². The highest BCUT2D eigenvalue weighted by Crippen LogP contribution is 2.28. The molecule has 186 valence electrons. The fourth-order valence-corrected chi connectivity index (χ4v) is 4.46. The summed E-state index contributed by atoms with van der Waals surface area (Å²) in [4.78, 5) is 24.3. The minimum Gasteiger partial charge on any atom is -0.369 e. The number of aryl methyl sites for hydroxylation is 1. The van der Waals surface area contributed by atoms with Gasteiger partial charge in [-0.05, 0) is 25.7 Å². The molecule has 0 saturated carbocycles. The van der Waals surface area contributed by atoms with Gasteiger partial charge in [-0.3, -0.25) is 14.4 Å². The third-order valence-corrected chi connectivity index (χ3v) is 6.22. The Kier molecular flexibility index (Phi) is 7.60. The van der Waals surface area contributed by atoms with E-state index in [1.165, 1.54) is 0 Å². The molecular formula is C23H34F2N8O. The first-order valence-electron chi connectivity index (χ1n) is 12.0. The molecule has 0 aliphatic carbocycles. The molecule has 0 atom stereocenters. The molecule has 2 saturated heterocycles. The number of anilines is 3. The third kappa shape index (κ3) is 5.81. The number of rotatable bonds is 11. The first-order chi connectivity index (χ1) is 16.3. The Bertz CT molecular complexity index is 989. The molecule has 2 N–H and O–H groups in total. The van der Waals surface area contributed by atoms with Crippen LogP contribution >= 0.6 is 0 Å². The summed E-state index contributed by atoms with van der Waals surface area (Å²) in [6, 6.07) is 0.329. The fraction of sp³-hybridized carbons (Fsp3) is 0.652. The van der Waals surface area contributed by atoms with Crippen LogP contribution in [-0.2, 0) is 4.79 Å². The molecule has 34 heavy (non-hydrogen) atoms. The van der Waals surface area contributed by atoms with Crippen LogP contribution in [0.25, 0.3) is 0 Å². The second kappa shape index (κ2) is 10.6. The molecular weight excluding hydrogens is 442 g/mol. The van der Waals surface area contributed by atoms with Gasteiger partial charge in [0.05, 0.1) is 23.0 Å². The molecule has 0 spiro atoms. The van der Waals surface area contributed by atoms with E-state index < -0.39 is 6.43 Å². The Labute approximate surface area is 198 Å². The van der Waals surface area contributed by atoms with Gasteiger partial charge in [-0.2, -0.15) is 10.1 Å². The van der Waals surface area contributed by atoms with Crippen LogP contribution in [0.15, 0.2) is 12.4 Å². The number of carbonyl (C=O) groups is 1. The summed E-state index contributed by atoms with van der Waals surface area (Å²) < 4.78 is 28.9. The highest BCUT2D eigenvalue weighted by atomic mass is 19.3. The predicted octanol–water partition coefficient (Wildman–Crippen LogP) is 3.60. The molecule has 2 aromatic heterocycles. The predicted molar refractivity (Wildman–Crippen MR) is 126 cm³/mol. The first-order valence-corrected chi connectivity index (χ1v) is 12.0. The number of nitrogens with zero attached hydrogens (tertiary/aromatic N) is 6. The average molecular weight is 477 g/mol. The quantitative estimate of drug-likeness (QED) is 0.479. The van der Waals surface area contributed by atoms with E-state index in [1.807, 2.05) is 22.7 Å². The summed E-state index contributed by atoms with van der Waals surface area (Å²) >= 11 is 0. The smallest absolute Gasteiger partial charge is 0.268 e. The number of hydrogen-bond acceptors (Lipinski definition) is 7. The van der Waals surface area contributed by atoms with E-state index >= 15 is 0 Å². The van der Waals surface area contributed by atoms with Gasteiger partial charge in [-0.25, -0.2) is 13.8 Å². The molecule has 1 amide bonds. The topological polar surface area (TPSA) is 91.2 Å². The number of carbonyl (C=O) groups excluding carboxylic acids is 1. The second-order valence-corrected chi connectivity index (χ2v) is 9.56. The molecule has 11 heteroatoms. The van der Waals surface area contributed by atoms with Crippen molar-refractivity contribution < 1.29 is 13.6 Å². The van der Waals surface area contributed by atoms with Crippen LogP contribution in [0.3, 0.4) is 0 Å². The maximum Gasteiger partial charge on any atom is 0.268 e. The van der Waals surface area contributed by atoms with Crippen molar-refractivity contribution in [2.75, 3.05) is 49.9 Å². The Morgan fingerprint density at radius 3 is 2.74 bits per heavy atom. The molecule has 2 fully saturated rings. The minimum absolute atomic E-state index is 0.105. The summed E-state index contributed by atoms with van der Waals surface area (Å²) in [6.07, 6.45) is 2.53. The number of nitrogens with one attached hydrogen (secondary N) is 2. The SMILES string of the molecule is Cc1nn(C2CN(CC(C)C)C2)cc1Nc1ncc(C(F)F)c(NCCCN2CCCC2=O)n1. The lowest BCUT2D eigenvalue weighted by Gasteiger charge is -2.40. The van der Waals surface area contributed by atoms with Gasteiger partial charge in [-0.1, -0.05) is 13.8 Å². The number of likely N-dealkylation sites (tertiary alicyclic amines) is 2. The molecule has 4 heterocycles. The van der Waals surface area contributed by atoms with Gasteiger partial charge in [-0.15, -0.1) is 0 Å². The van der Waals surface area contributed by atoms with E-state index in [2.05, 4.69) is 44.4 Å². The van der Waals surface area contributed by atoms with Gasteiger partial charge in [0.15, 0.2) is 0 Å². The monoisotopic (exact) mass is 476 g/mol. The Morgan fingerprint density at radius 1 is 1.26 bits per heavy atom. The number of aromatic nitrogens is 4. The van der Waals surface area contributed by atoms with E-state index in [0.717, 1.165) is 50.2 Å². The summed E-state index contributed by atoms with van der Waals surface area (Å²) in [5.74, 6) is 1.14. The zero-order chi connectivity index (χ0) is 24.2.